The van der Waals surface area contributed by atoms with E-state index in [-0.39, 0.29) is 12.4 Å². The van der Waals surface area contributed by atoms with Crippen molar-refractivity contribution in [2.24, 2.45) is 0 Å². The summed E-state index contributed by atoms with van der Waals surface area (Å²) >= 11 is 0. The molecule has 7 nitrogen and oxygen atoms in total. The molecule has 1 aromatic heterocycles. The summed E-state index contributed by atoms with van der Waals surface area (Å²) in [5.41, 5.74) is 2.07. The van der Waals surface area contributed by atoms with Gasteiger partial charge in [0.05, 0.1) is 11.9 Å². The number of aromatic nitrogens is 1. The van der Waals surface area contributed by atoms with Crippen molar-refractivity contribution in [2.75, 3.05) is 22.4 Å². The van der Waals surface area contributed by atoms with Gasteiger partial charge in [-0.2, -0.15) is 0 Å². The summed E-state index contributed by atoms with van der Waals surface area (Å²) in [7, 11) is -3.62. The minimum atomic E-state index is -3.62. The minimum Gasteiger partial charge on any atom is -0.360 e. The molecule has 0 saturated carbocycles. The van der Waals surface area contributed by atoms with E-state index in [0.717, 1.165) is 21.7 Å². The quantitative estimate of drug-likeness (QED) is 0.901. The second-order valence-electron chi connectivity index (χ2n) is 5.38. The molecular weight excluding hydrogens is 318 g/mol. The molecule has 1 aromatic carbocycles. The van der Waals surface area contributed by atoms with Crippen molar-refractivity contribution in [3.8, 4) is 0 Å². The molecule has 2 aromatic rings. The summed E-state index contributed by atoms with van der Waals surface area (Å²) in [6.07, 6.45) is 1.08. The van der Waals surface area contributed by atoms with Gasteiger partial charge in [-0.3, -0.25) is 9.10 Å². The van der Waals surface area contributed by atoms with Gasteiger partial charge in [0.15, 0.2) is 5.82 Å². The molecule has 1 N–H and O–H groups in total. The van der Waals surface area contributed by atoms with Gasteiger partial charge in [-0.25, -0.2) is 8.42 Å². The molecule has 23 heavy (non-hydrogen) atoms. The SMILES string of the molecule is Cc1cc(NC(=O)CN(c2c(C)cccc2C)S(C)(=O)=O)no1. The van der Waals surface area contributed by atoms with E-state index in [9.17, 15) is 13.2 Å². The van der Waals surface area contributed by atoms with E-state index in [4.69, 9.17) is 4.52 Å². The third-order valence-electron chi connectivity index (χ3n) is 3.27. The Bertz CT molecular complexity index is 807. The number of nitrogens with zero attached hydrogens (tertiary/aromatic N) is 2. The second kappa shape index (κ2) is 6.41. The molecule has 0 radical (unpaired) electrons. The number of nitrogens with one attached hydrogen (secondary N) is 1. The smallest absolute Gasteiger partial charge is 0.246 e. The van der Waals surface area contributed by atoms with Gasteiger partial charge in [0.25, 0.3) is 0 Å². The van der Waals surface area contributed by atoms with Crippen LogP contribution in [0.3, 0.4) is 0 Å². The molecule has 0 saturated heterocycles. The Balaban J connectivity index is 2.28. The first-order valence-electron chi connectivity index (χ1n) is 6.95. The van der Waals surface area contributed by atoms with Gasteiger partial charge in [0.2, 0.25) is 15.9 Å². The molecule has 0 aliphatic carbocycles. The lowest BCUT2D eigenvalue weighted by Crippen LogP contribution is -2.38. The number of carbonyl (C=O) groups is 1. The summed E-state index contributed by atoms with van der Waals surface area (Å²) in [4.78, 5) is 12.2. The standard InChI is InChI=1S/C15H19N3O4S/c1-10-6-5-7-11(2)15(10)18(23(4,20)21)9-14(19)16-13-8-12(3)22-17-13/h5-8H,9H2,1-4H3,(H,16,17,19). The molecule has 1 amide bonds. The van der Waals surface area contributed by atoms with E-state index in [2.05, 4.69) is 10.5 Å². The Morgan fingerprint density at radius 1 is 1.26 bits per heavy atom. The third-order valence-corrected chi connectivity index (χ3v) is 4.38. The zero-order valence-corrected chi connectivity index (χ0v) is 14.3. The van der Waals surface area contributed by atoms with Crippen LogP contribution in [0.5, 0.6) is 0 Å². The molecule has 2 rings (SSSR count). The largest absolute Gasteiger partial charge is 0.360 e. The highest BCUT2D eigenvalue weighted by molar-refractivity contribution is 7.92. The first kappa shape index (κ1) is 17.0. The second-order valence-corrected chi connectivity index (χ2v) is 7.29. The van der Waals surface area contributed by atoms with Crippen molar-refractivity contribution in [1.29, 1.82) is 0 Å². The van der Waals surface area contributed by atoms with E-state index in [0.29, 0.717) is 11.4 Å². The van der Waals surface area contributed by atoms with Crippen molar-refractivity contribution in [2.45, 2.75) is 20.8 Å². The number of amides is 1. The summed E-state index contributed by atoms with van der Waals surface area (Å²) < 4.78 is 30.2. The highest BCUT2D eigenvalue weighted by Crippen LogP contribution is 2.26. The summed E-state index contributed by atoms with van der Waals surface area (Å²) in [5.74, 6) is 0.309. The average molecular weight is 337 g/mol. The van der Waals surface area contributed by atoms with Gasteiger partial charge < -0.3 is 9.84 Å². The number of sulfonamides is 1. The van der Waals surface area contributed by atoms with Gasteiger partial charge in [-0.15, -0.1) is 0 Å². The van der Waals surface area contributed by atoms with Gasteiger partial charge in [0, 0.05) is 6.07 Å². The van der Waals surface area contributed by atoms with E-state index in [1.54, 1.807) is 39.0 Å². The Kier molecular flexibility index (Phi) is 4.74. The van der Waals surface area contributed by atoms with Crippen molar-refractivity contribution in [1.82, 2.24) is 5.16 Å². The van der Waals surface area contributed by atoms with Crippen LogP contribution in [0.15, 0.2) is 28.8 Å². The van der Waals surface area contributed by atoms with Crippen LogP contribution in [-0.4, -0.2) is 32.3 Å². The first-order chi connectivity index (χ1) is 10.7. The third kappa shape index (κ3) is 4.10. The fraction of sp³-hybridized carbons (Fsp3) is 0.333. The first-order valence-corrected chi connectivity index (χ1v) is 8.80. The van der Waals surface area contributed by atoms with E-state index < -0.39 is 15.9 Å². The number of rotatable bonds is 5. The fourth-order valence-electron chi connectivity index (χ4n) is 2.30. The van der Waals surface area contributed by atoms with Crippen LogP contribution in [0.25, 0.3) is 0 Å². The molecule has 0 fully saturated rings. The van der Waals surface area contributed by atoms with Crippen LogP contribution in [0.1, 0.15) is 16.9 Å². The minimum absolute atomic E-state index is 0.252. The normalized spacial score (nSPS) is 11.3. The lowest BCUT2D eigenvalue weighted by Gasteiger charge is -2.25. The number of anilines is 2. The maximum absolute atomic E-state index is 12.2. The van der Waals surface area contributed by atoms with Crippen molar-refractivity contribution in [3.05, 3.63) is 41.2 Å². The number of hydrogen-bond acceptors (Lipinski definition) is 5. The molecule has 124 valence electrons. The Hall–Kier alpha value is -2.35. The predicted octanol–water partition coefficient (Wildman–Crippen LogP) is 2.00. The summed E-state index contributed by atoms with van der Waals surface area (Å²) in [6, 6.07) is 7.01. The van der Waals surface area contributed by atoms with Crippen LogP contribution in [0.4, 0.5) is 11.5 Å². The number of aryl methyl sites for hydroxylation is 3. The highest BCUT2D eigenvalue weighted by Gasteiger charge is 2.24. The molecule has 0 bridgehead atoms. The molecule has 0 spiro atoms. The van der Waals surface area contributed by atoms with Crippen molar-refractivity contribution in [3.63, 3.8) is 0 Å². The van der Waals surface area contributed by atoms with Crippen molar-refractivity contribution >= 4 is 27.4 Å². The van der Waals surface area contributed by atoms with E-state index in [1.807, 2.05) is 6.07 Å². The lowest BCUT2D eigenvalue weighted by atomic mass is 10.1. The molecule has 1 heterocycles. The van der Waals surface area contributed by atoms with Gasteiger partial charge in [-0.1, -0.05) is 23.4 Å². The average Bonchev–Trinajstić information content (AvgIpc) is 2.81. The molecular formula is C15H19N3O4S. The van der Waals surface area contributed by atoms with Crippen LogP contribution < -0.4 is 9.62 Å². The number of carbonyl (C=O) groups excluding carboxylic acids is 1. The zero-order valence-electron chi connectivity index (χ0n) is 13.5. The lowest BCUT2D eigenvalue weighted by molar-refractivity contribution is -0.114. The molecule has 0 atom stereocenters. The van der Waals surface area contributed by atoms with Crippen LogP contribution >= 0.6 is 0 Å². The monoisotopic (exact) mass is 337 g/mol. The van der Waals surface area contributed by atoms with E-state index >= 15 is 0 Å². The Morgan fingerprint density at radius 3 is 2.35 bits per heavy atom. The van der Waals surface area contributed by atoms with Gasteiger partial charge in [-0.05, 0) is 31.9 Å². The number of hydrogen-bond donors (Lipinski definition) is 1. The molecule has 0 aliphatic rings. The Morgan fingerprint density at radius 2 is 1.87 bits per heavy atom. The number of benzene rings is 1. The maximum atomic E-state index is 12.2. The van der Waals surface area contributed by atoms with Crippen LogP contribution in [-0.2, 0) is 14.8 Å². The molecule has 8 heteroatoms. The van der Waals surface area contributed by atoms with E-state index in [1.165, 1.54) is 0 Å². The van der Waals surface area contributed by atoms with Crippen LogP contribution in [0.2, 0.25) is 0 Å². The van der Waals surface area contributed by atoms with Crippen LogP contribution in [0, 0.1) is 20.8 Å². The Labute approximate surface area is 135 Å². The van der Waals surface area contributed by atoms with Gasteiger partial charge in [0.1, 0.15) is 12.3 Å². The topological polar surface area (TPSA) is 92.5 Å². The highest BCUT2D eigenvalue weighted by atomic mass is 32.2. The van der Waals surface area contributed by atoms with Crippen molar-refractivity contribution < 1.29 is 17.7 Å². The molecule has 0 unspecified atom stereocenters. The van der Waals surface area contributed by atoms with Gasteiger partial charge >= 0.3 is 0 Å². The summed E-state index contributed by atoms with van der Waals surface area (Å²) in [6.45, 7) is 4.97. The maximum Gasteiger partial charge on any atom is 0.246 e. The predicted molar refractivity (Wildman–Crippen MR) is 88.0 cm³/mol. The summed E-state index contributed by atoms with van der Waals surface area (Å²) in [5, 5.41) is 6.18. The molecule has 0 aliphatic heterocycles. The zero-order chi connectivity index (χ0) is 17.2. The fourth-order valence-corrected chi connectivity index (χ4v) is 3.27. The number of para-hydroxylation sites is 1.